The summed E-state index contributed by atoms with van der Waals surface area (Å²) in [4.78, 5) is 0. The summed E-state index contributed by atoms with van der Waals surface area (Å²) in [5, 5.41) is 12.2. The van der Waals surface area contributed by atoms with Gasteiger partial charge in [-0.15, -0.1) is 0 Å². The lowest BCUT2D eigenvalue weighted by Crippen LogP contribution is -2.19. The molecule has 0 spiro atoms. The summed E-state index contributed by atoms with van der Waals surface area (Å²) >= 11 is 0. The first-order valence-corrected chi connectivity index (χ1v) is 6.82. The van der Waals surface area contributed by atoms with Gasteiger partial charge >= 0.3 is 0 Å². The third-order valence-electron chi connectivity index (χ3n) is 3.41. The minimum atomic E-state index is 0.724. The van der Waals surface area contributed by atoms with E-state index in [1.807, 2.05) is 28.8 Å². The van der Waals surface area contributed by atoms with Crippen LogP contribution in [0.2, 0.25) is 0 Å². The van der Waals surface area contributed by atoms with Gasteiger partial charge in [0.2, 0.25) is 0 Å². The van der Waals surface area contributed by atoms with E-state index in [1.54, 1.807) is 7.11 Å². The summed E-state index contributed by atoms with van der Waals surface area (Å²) in [6.07, 6.45) is 3.90. The van der Waals surface area contributed by atoms with Gasteiger partial charge in [0, 0.05) is 50.3 Å². The summed E-state index contributed by atoms with van der Waals surface area (Å²) in [6.45, 7) is 7.33. The molecule has 0 bridgehead atoms. The highest BCUT2D eigenvalue weighted by Crippen LogP contribution is 2.14. The van der Waals surface area contributed by atoms with Gasteiger partial charge in [-0.2, -0.15) is 10.2 Å². The SMILES string of the molecule is COCCNCc1c(C)nn(Cc2cnn(C)c2)c1C. The standard InChI is InChI=1S/C14H23N5O/c1-11-14(8-15-5-6-20-4)12(2)19(17-11)10-13-7-16-18(3)9-13/h7,9,15H,5-6,8,10H2,1-4H3. The number of rotatable bonds is 7. The maximum Gasteiger partial charge on any atom is 0.0693 e. The van der Waals surface area contributed by atoms with Gasteiger partial charge in [-0.3, -0.25) is 9.36 Å². The van der Waals surface area contributed by atoms with Crippen LogP contribution in [0.4, 0.5) is 0 Å². The quantitative estimate of drug-likeness (QED) is 0.768. The lowest BCUT2D eigenvalue weighted by molar-refractivity contribution is 0.199. The number of nitrogens with zero attached hydrogens (tertiary/aromatic N) is 4. The van der Waals surface area contributed by atoms with E-state index in [0.29, 0.717) is 0 Å². The molecule has 2 heterocycles. The van der Waals surface area contributed by atoms with Crippen molar-refractivity contribution in [1.29, 1.82) is 0 Å². The molecule has 1 N–H and O–H groups in total. The molecular formula is C14H23N5O. The average Bonchev–Trinajstić information content (AvgIpc) is 2.93. The van der Waals surface area contributed by atoms with E-state index < -0.39 is 0 Å². The highest BCUT2D eigenvalue weighted by atomic mass is 16.5. The normalized spacial score (nSPS) is 11.2. The highest BCUT2D eigenvalue weighted by molar-refractivity contribution is 5.25. The first-order chi connectivity index (χ1) is 9.61. The molecular weight excluding hydrogens is 254 g/mol. The number of aromatic nitrogens is 4. The second-order valence-corrected chi connectivity index (χ2v) is 5.00. The smallest absolute Gasteiger partial charge is 0.0693 e. The number of nitrogens with one attached hydrogen (secondary N) is 1. The van der Waals surface area contributed by atoms with Crippen LogP contribution in [-0.4, -0.2) is 39.8 Å². The number of hydrogen-bond acceptors (Lipinski definition) is 4. The van der Waals surface area contributed by atoms with E-state index in [9.17, 15) is 0 Å². The maximum absolute atomic E-state index is 5.03. The van der Waals surface area contributed by atoms with E-state index in [-0.39, 0.29) is 0 Å². The Morgan fingerprint density at radius 2 is 2.15 bits per heavy atom. The van der Waals surface area contributed by atoms with Crippen molar-refractivity contribution in [2.45, 2.75) is 26.9 Å². The van der Waals surface area contributed by atoms with Crippen LogP contribution in [0.15, 0.2) is 12.4 Å². The van der Waals surface area contributed by atoms with E-state index >= 15 is 0 Å². The predicted octanol–water partition coefficient (Wildman–Crippen LogP) is 1.02. The monoisotopic (exact) mass is 277 g/mol. The first kappa shape index (κ1) is 14.7. The molecule has 0 saturated heterocycles. The molecule has 110 valence electrons. The van der Waals surface area contributed by atoms with Gasteiger partial charge in [-0.05, 0) is 13.8 Å². The minimum Gasteiger partial charge on any atom is -0.383 e. The van der Waals surface area contributed by atoms with Gasteiger partial charge < -0.3 is 10.1 Å². The van der Waals surface area contributed by atoms with Crippen LogP contribution in [0, 0.1) is 13.8 Å². The van der Waals surface area contributed by atoms with Crippen molar-refractivity contribution >= 4 is 0 Å². The molecule has 0 aliphatic carbocycles. The van der Waals surface area contributed by atoms with Crippen LogP contribution >= 0.6 is 0 Å². The Labute approximate surface area is 119 Å². The maximum atomic E-state index is 5.03. The zero-order valence-electron chi connectivity index (χ0n) is 12.7. The molecule has 0 atom stereocenters. The van der Waals surface area contributed by atoms with Crippen LogP contribution in [0.25, 0.3) is 0 Å². The van der Waals surface area contributed by atoms with Crippen molar-refractivity contribution in [1.82, 2.24) is 24.9 Å². The second kappa shape index (κ2) is 6.67. The van der Waals surface area contributed by atoms with Crippen LogP contribution in [-0.2, 0) is 24.9 Å². The number of ether oxygens (including phenoxy) is 1. The fourth-order valence-corrected chi connectivity index (χ4v) is 2.26. The van der Waals surface area contributed by atoms with Gasteiger partial charge in [0.1, 0.15) is 0 Å². The molecule has 0 amide bonds. The Kier molecular flexibility index (Phi) is 4.92. The summed E-state index contributed by atoms with van der Waals surface area (Å²) in [5.41, 5.74) is 4.72. The summed E-state index contributed by atoms with van der Waals surface area (Å²) < 4.78 is 8.89. The number of aryl methyl sites for hydroxylation is 2. The average molecular weight is 277 g/mol. The molecule has 20 heavy (non-hydrogen) atoms. The zero-order valence-corrected chi connectivity index (χ0v) is 12.7. The van der Waals surface area contributed by atoms with Crippen molar-refractivity contribution in [2.24, 2.45) is 7.05 Å². The molecule has 0 unspecified atom stereocenters. The molecule has 2 rings (SSSR count). The Hall–Kier alpha value is -1.66. The van der Waals surface area contributed by atoms with Crippen LogP contribution in [0.5, 0.6) is 0 Å². The molecule has 2 aromatic rings. The van der Waals surface area contributed by atoms with Crippen molar-refractivity contribution in [2.75, 3.05) is 20.3 Å². The third-order valence-corrected chi connectivity index (χ3v) is 3.41. The minimum absolute atomic E-state index is 0.724. The van der Waals surface area contributed by atoms with Crippen molar-refractivity contribution in [3.05, 3.63) is 34.9 Å². The topological polar surface area (TPSA) is 56.9 Å². The Morgan fingerprint density at radius 3 is 2.80 bits per heavy atom. The van der Waals surface area contributed by atoms with Gasteiger partial charge in [-0.1, -0.05) is 0 Å². The van der Waals surface area contributed by atoms with Crippen LogP contribution < -0.4 is 5.32 Å². The molecule has 0 aliphatic rings. The Balaban J connectivity index is 2.04. The molecule has 2 aromatic heterocycles. The van der Waals surface area contributed by atoms with Gasteiger partial charge in [0.05, 0.1) is 25.0 Å². The summed E-state index contributed by atoms with van der Waals surface area (Å²) in [5.74, 6) is 0. The van der Waals surface area contributed by atoms with Crippen molar-refractivity contribution < 1.29 is 4.74 Å². The van der Waals surface area contributed by atoms with E-state index in [4.69, 9.17) is 4.74 Å². The van der Waals surface area contributed by atoms with Crippen LogP contribution in [0.1, 0.15) is 22.5 Å². The molecule has 0 aliphatic heterocycles. The Morgan fingerprint density at radius 1 is 1.35 bits per heavy atom. The number of hydrogen-bond donors (Lipinski definition) is 1. The summed E-state index contributed by atoms with van der Waals surface area (Å²) in [7, 11) is 3.64. The van der Waals surface area contributed by atoms with Crippen molar-refractivity contribution in [3.8, 4) is 0 Å². The molecule has 0 radical (unpaired) electrons. The summed E-state index contributed by atoms with van der Waals surface area (Å²) in [6, 6.07) is 0. The lowest BCUT2D eigenvalue weighted by atomic mass is 10.2. The Bertz CT molecular complexity index is 558. The fraction of sp³-hybridized carbons (Fsp3) is 0.571. The van der Waals surface area contributed by atoms with Gasteiger partial charge in [0.15, 0.2) is 0 Å². The zero-order chi connectivity index (χ0) is 14.5. The number of methoxy groups -OCH3 is 1. The lowest BCUT2D eigenvalue weighted by Gasteiger charge is -2.06. The first-order valence-electron chi connectivity index (χ1n) is 6.82. The van der Waals surface area contributed by atoms with E-state index in [0.717, 1.165) is 37.5 Å². The highest BCUT2D eigenvalue weighted by Gasteiger charge is 2.11. The molecule has 0 saturated carbocycles. The molecule has 0 aromatic carbocycles. The van der Waals surface area contributed by atoms with Crippen LogP contribution in [0.3, 0.4) is 0 Å². The molecule has 6 nitrogen and oxygen atoms in total. The van der Waals surface area contributed by atoms with E-state index in [1.165, 1.54) is 11.3 Å². The molecule has 6 heteroatoms. The van der Waals surface area contributed by atoms with Gasteiger partial charge in [0.25, 0.3) is 0 Å². The second-order valence-electron chi connectivity index (χ2n) is 5.00. The fourth-order valence-electron chi connectivity index (χ4n) is 2.26. The predicted molar refractivity (Wildman–Crippen MR) is 77.6 cm³/mol. The third kappa shape index (κ3) is 3.46. The van der Waals surface area contributed by atoms with E-state index in [2.05, 4.69) is 29.4 Å². The largest absolute Gasteiger partial charge is 0.383 e. The molecule has 0 fully saturated rings. The van der Waals surface area contributed by atoms with Crippen molar-refractivity contribution in [3.63, 3.8) is 0 Å². The van der Waals surface area contributed by atoms with Gasteiger partial charge in [-0.25, -0.2) is 0 Å².